The van der Waals surface area contributed by atoms with E-state index in [4.69, 9.17) is 24.2 Å². The summed E-state index contributed by atoms with van der Waals surface area (Å²) in [5, 5.41) is 7.60. The Morgan fingerprint density at radius 2 is 1.86 bits per heavy atom. The summed E-state index contributed by atoms with van der Waals surface area (Å²) in [6.45, 7) is 10.0. The first-order chi connectivity index (χ1) is 19.8. The third-order valence-electron chi connectivity index (χ3n) is 8.01. The Kier molecular flexibility index (Phi) is 8.68. The second kappa shape index (κ2) is 12.0. The molecule has 14 heteroatoms. The van der Waals surface area contributed by atoms with E-state index in [2.05, 4.69) is 10.4 Å². The third-order valence-corrected chi connectivity index (χ3v) is 9.98. The molecule has 0 aromatic carbocycles. The highest BCUT2D eigenvalue weighted by Crippen LogP contribution is 2.39. The first-order valence-electron chi connectivity index (χ1n) is 14.8. The van der Waals surface area contributed by atoms with Gasteiger partial charge in [-0.3, -0.25) is 0 Å². The number of aryl methyl sites for hydroxylation is 1. The minimum absolute atomic E-state index is 0.0256. The molecular weight excluding hydrogens is 562 g/mol. The second-order valence-corrected chi connectivity index (χ2v) is 14.6. The molecule has 1 N–H and O–H groups in total. The van der Waals surface area contributed by atoms with Crippen molar-refractivity contribution in [2.75, 3.05) is 36.2 Å². The van der Waals surface area contributed by atoms with E-state index in [1.165, 1.54) is 4.68 Å². The number of ether oxygens (including phenoxy) is 3. The van der Waals surface area contributed by atoms with E-state index in [1.54, 1.807) is 51.1 Å². The Bertz CT molecular complexity index is 1370. The average molecular weight is 606 g/mol. The van der Waals surface area contributed by atoms with Crippen LogP contribution in [0.2, 0.25) is 0 Å². The lowest BCUT2D eigenvalue weighted by atomic mass is 9.83. The summed E-state index contributed by atoms with van der Waals surface area (Å²) in [4.78, 5) is 24.2. The van der Waals surface area contributed by atoms with E-state index in [1.807, 2.05) is 11.9 Å². The van der Waals surface area contributed by atoms with E-state index < -0.39 is 21.7 Å². The normalized spacial score (nSPS) is 24.8. The first-order valence-corrected chi connectivity index (χ1v) is 16.4. The molecule has 0 amide bonds. The van der Waals surface area contributed by atoms with Crippen LogP contribution in [0.3, 0.4) is 0 Å². The predicted octanol–water partition coefficient (Wildman–Crippen LogP) is 3.85. The molecule has 3 saturated heterocycles. The van der Waals surface area contributed by atoms with Crippen molar-refractivity contribution < 1.29 is 27.4 Å². The summed E-state index contributed by atoms with van der Waals surface area (Å²) < 4.78 is 45.9. The number of carbonyl (C=O) groups excluding carboxylic acids is 1. The van der Waals surface area contributed by atoms with Gasteiger partial charge in [-0.1, -0.05) is 6.42 Å². The number of nitrogens with zero attached hydrogens (tertiary/aromatic N) is 6. The third kappa shape index (κ3) is 6.81. The van der Waals surface area contributed by atoms with Crippen molar-refractivity contribution in [1.29, 1.82) is 0 Å². The van der Waals surface area contributed by atoms with E-state index >= 15 is 0 Å². The van der Waals surface area contributed by atoms with Crippen LogP contribution in [-0.4, -0.2) is 94.4 Å². The number of hydrogen-bond acceptors (Lipinski definition) is 11. The van der Waals surface area contributed by atoms with Gasteiger partial charge in [0.05, 0.1) is 19.0 Å². The van der Waals surface area contributed by atoms with E-state index in [0.29, 0.717) is 55.2 Å². The molecule has 1 unspecified atom stereocenters. The fourth-order valence-corrected chi connectivity index (χ4v) is 7.61. The van der Waals surface area contributed by atoms with Gasteiger partial charge in [-0.15, -0.1) is 5.10 Å². The second-order valence-electron chi connectivity index (χ2n) is 12.4. The van der Waals surface area contributed by atoms with Gasteiger partial charge in [-0.25, -0.2) is 13.2 Å². The Balaban J connectivity index is 1.40. The van der Waals surface area contributed by atoms with Gasteiger partial charge in [0.15, 0.2) is 5.82 Å². The first kappa shape index (κ1) is 30.5. The molecule has 42 heavy (non-hydrogen) atoms. The molecule has 3 aliphatic rings. The van der Waals surface area contributed by atoms with Crippen LogP contribution in [0.15, 0.2) is 12.1 Å². The smallest absolute Gasteiger partial charge is 0.435 e. The fraction of sp³-hybridized carbons (Fsp3) is 0.714. The Hall–Kier alpha value is -2.97. The number of rotatable bonds is 8. The van der Waals surface area contributed by atoms with Crippen LogP contribution in [0, 0.1) is 6.92 Å². The number of carbonyl (C=O) groups is 1. The molecule has 3 fully saturated rings. The van der Waals surface area contributed by atoms with Crippen LogP contribution in [0.4, 0.5) is 22.4 Å². The lowest BCUT2D eigenvalue weighted by molar-refractivity contribution is 0.0511. The summed E-state index contributed by atoms with van der Waals surface area (Å²) in [7, 11) is -1.32. The SMILES string of the molecule is CCS(=O)(=O)N1[C@@H]2CCC[C@H]1CC(N(C)c1nc(Nc3cc(C)n(C(=O)OC(C)(C)C)n3)cc(O[C@H]3CCOC3)n1)C2. The van der Waals surface area contributed by atoms with Gasteiger partial charge in [0, 0.05) is 49.4 Å². The summed E-state index contributed by atoms with van der Waals surface area (Å²) in [5.41, 5.74) is -0.0427. The van der Waals surface area contributed by atoms with Crippen LogP contribution in [0.25, 0.3) is 0 Å². The van der Waals surface area contributed by atoms with Gasteiger partial charge in [0.25, 0.3) is 0 Å². The van der Waals surface area contributed by atoms with Gasteiger partial charge in [0.2, 0.25) is 21.9 Å². The van der Waals surface area contributed by atoms with Gasteiger partial charge in [-0.2, -0.15) is 19.0 Å². The molecule has 13 nitrogen and oxygen atoms in total. The standard InChI is InChI=1S/C28H43N7O6S/c1-7-42(37,38)35-19-9-8-10-20(35)15-21(14-19)33(6)26-30-23(16-25(31-26)40-22-11-12-39-17-22)29-24-13-18(2)34(32-24)27(36)41-28(3,4)5/h13,16,19-22H,7-12,14-15,17H2,1-6H3,(H,29,30,31,32)/t19-,20+,21?,22-/m0/s1. The number of nitrogens with one attached hydrogen (secondary N) is 1. The quantitative estimate of drug-likeness (QED) is 0.469. The highest BCUT2D eigenvalue weighted by atomic mass is 32.2. The predicted molar refractivity (Wildman–Crippen MR) is 158 cm³/mol. The number of aromatic nitrogens is 4. The molecule has 0 spiro atoms. The summed E-state index contributed by atoms with van der Waals surface area (Å²) in [5.74, 6) is 1.87. The molecule has 4 atom stereocenters. The highest BCUT2D eigenvalue weighted by molar-refractivity contribution is 7.89. The molecule has 5 rings (SSSR count). The molecule has 2 bridgehead atoms. The average Bonchev–Trinajstić information content (AvgIpc) is 3.55. The largest absolute Gasteiger partial charge is 0.472 e. The lowest BCUT2D eigenvalue weighted by Gasteiger charge is -2.49. The molecule has 2 aromatic rings. The monoisotopic (exact) mass is 605 g/mol. The van der Waals surface area contributed by atoms with Crippen LogP contribution in [0.5, 0.6) is 5.88 Å². The lowest BCUT2D eigenvalue weighted by Crippen LogP contribution is -2.58. The van der Waals surface area contributed by atoms with E-state index in [-0.39, 0.29) is 30.0 Å². The molecule has 5 heterocycles. The van der Waals surface area contributed by atoms with Crippen molar-refractivity contribution in [3.63, 3.8) is 0 Å². The maximum atomic E-state index is 12.9. The topological polar surface area (TPSA) is 141 Å². The number of anilines is 3. The zero-order chi connectivity index (χ0) is 30.2. The zero-order valence-electron chi connectivity index (χ0n) is 25.4. The molecule has 0 radical (unpaired) electrons. The van der Waals surface area contributed by atoms with Gasteiger partial charge >= 0.3 is 6.09 Å². The van der Waals surface area contributed by atoms with Crippen LogP contribution < -0.4 is 15.0 Å². The van der Waals surface area contributed by atoms with E-state index in [0.717, 1.165) is 25.7 Å². The number of sulfonamides is 1. The van der Waals surface area contributed by atoms with Crippen molar-refractivity contribution >= 4 is 33.7 Å². The van der Waals surface area contributed by atoms with Crippen molar-refractivity contribution in [1.82, 2.24) is 24.1 Å². The fourth-order valence-electron chi connectivity index (χ4n) is 6.02. The van der Waals surface area contributed by atoms with Crippen molar-refractivity contribution in [3.05, 3.63) is 17.8 Å². The highest BCUT2D eigenvalue weighted by Gasteiger charge is 2.45. The van der Waals surface area contributed by atoms with Crippen LogP contribution >= 0.6 is 0 Å². The Morgan fingerprint density at radius 3 is 2.48 bits per heavy atom. The number of hydrogen-bond donors (Lipinski definition) is 1. The molecule has 0 saturated carbocycles. The summed E-state index contributed by atoms with van der Waals surface area (Å²) in [6, 6.07) is 3.47. The Morgan fingerprint density at radius 1 is 1.14 bits per heavy atom. The van der Waals surface area contributed by atoms with Crippen molar-refractivity contribution in [2.45, 2.75) is 103 Å². The zero-order valence-corrected chi connectivity index (χ0v) is 26.2. The maximum absolute atomic E-state index is 12.9. The minimum atomic E-state index is -3.27. The van der Waals surface area contributed by atoms with E-state index in [9.17, 15) is 13.2 Å². The van der Waals surface area contributed by atoms with Gasteiger partial charge in [-0.05, 0) is 60.3 Å². The molecule has 3 aliphatic heterocycles. The molecular formula is C28H43N7O6S. The van der Waals surface area contributed by atoms with Crippen molar-refractivity contribution in [2.24, 2.45) is 0 Å². The van der Waals surface area contributed by atoms with Gasteiger partial charge in [0.1, 0.15) is 17.5 Å². The Labute approximate surface area is 248 Å². The number of piperidine rings is 2. The maximum Gasteiger partial charge on any atom is 0.435 e. The minimum Gasteiger partial charge on any atom is -0.472 e. The molecule has 0 aliphatic carbocycles. The number of fused-ring (bicyclic) bond motifs is 2. The summed E-state index contributed by atoms with van der Waals surface area (Å²) in [6.07, 6.45) is 4.26. The van der Waals surface area contributed by atoms with Crippen molar-refractivity contribution in [3.8, 4) is 5.88 Å². The summed E-state index contributed by atoms with van der Waals surface area (Å²) >= 11 is 0. The molecule has 2 aromatic heterocycles. The van der Waals surface area contributed by atoms with Gasteiger partial charge < -0.3 is 24.4 Å². The van der Waals surface area contributed by atoms with Crippen LogP contribution in [0.1, 0.15) is 71.9 Å². The van der Waals surface area contributed by atoms with Crippen LogP contribution in [-0.2, 0) is 19.5 Å². The molecule has 232 valence electrons.